The van der Waals surface area contributed by atoms with E-state index in [2.05, 4.69) is 13.8 Å². The second-order valence-corrected chi connectivity index (χ2v) is 3.96. The molecule has 1 atom stereocenters. The SMILES string of the molecule is CC(C)CC1(CO)CCC1=O. The number of hydrogen-bond donors (Lipinski definition) is 1. The molecule has 0 bridgehead atoms. The van der Waals surface area contributed by atoms with Gasteiger partial charge in [0.15, 0.2) is 0 Å². The third kappa shape index (κ3) is 1.45. The molecule has 1 rings (SSSR count). The van der Waals surface area contributed by atoms with Crippen LogP contribution in [0, 0.1) is 11.3 Å². The van der Waals surface area contributed by atoms with Crippen LogP contribution in [0.15, 0.2) is 0 Å². The highest BCUT2D eigenvalue weighted by atomic mass is 16.3. The molecule has 11 heavy (non-hydrogen) atoms. The number of rotatable bonds is 3. The third-order valence-electron chi connectivity index (χ3n) is 2.52. The van der Waals surface area contributed by atoms with E-state index in [0.717, 1.165) is 12.8 Å². The van der Waals surface area contributed by atoms with Crippen LogP contribution in [-0.2, 0) is 4.79 Å². The first-order valence-corrected chi connectivity index (χ1v) is 4.25. The lowest BCUT2D eigenvalue weighted by molar-refractivity contribution is -0.143. The quantitative estimate of drug-likeness (QED) is 0.670. The molecular formula is C9H16O2. The summed E-state index contributed by atoms with van der Waals surface area (Å²) >= 11 is 0. The summed E-state index contributed by atoms with van der Waals surface area (Å²) in [5.74, 6) is 0.764. The zero-order valence-electron chi connectivity index (χ0n) is 7.26. The first kappa shape index (κ1) is 8.72. The summed E-state index contributed by atoms with van der Waals surface area (Å²) < 4.78 is 0. The smallest absolute Gasteiger partial charge is 0.141 e. The van der Waals surface area contributed by atoms with Crippen LogP contribution in [0.2, 0.25) is 0 Å². The number of carbonyl (C=O) groups excluding carboxylic acids is 1. The van der Waals surface area contributed by atoms with Crippen LogP contribution in [0.4, 0.5) is 0 Å². The fraction of sp³-hybridized carbons (Fsp3) is 0.889. The average molecular weight is 156 g/mol. The van der Waals surface area contributed by atoms with Gasteiger partial charge in [0.1, 0.15) is 5.78 Å². The normalized spacial score (nSPS) is 30.7. The average Bonchev–Trinajstić information content (AvgIpc) is 1.96. The number of hydrogen-bond acceptors (Lipinski definition) is 2. The number of aliphatic hydroxyl groups is 1. The minimum Gasteiger partial charge on any atom is -0.395 e. The molecular weight excluding hydrogens is 140 g/mol. The predicted molar refractivity (Wildman–Crippen MR) is 43.2 cm³/mol. The van der Waals surface area contributed by atoms with Crippen molar-refractivity contribution in [1.29, 1.82) is 0 Å². The Bertz CT molecular complexity index is 159. The maximum Gasteiger partial charge on any atom is 0.141 e. The van der Waals surface area contributed by atoms with Crippen molar-refractivity contribution in [1.82, 2.24) is 0 Å². The van der Waals surface area contributed by atoms with E-state index in [1.54, 1.807) is 0 Å². The molecule has 0 aromatic heterocycles. The Labute approximate surface area is 67.6 Å². The molecule has 0 radical (unpaired) electrons. The number of Topliss-reactive ketones (excluding diaryl/α,β-unsaturated/α-hetero) is 1. The molecule has 0 aliphatic heterocycles. The molecule has 0 amide bonds. The van der Waals surface area contributed by atoms with Crippen LogP contribution in [0.5, 0.6) is 0 Å². The molecule has 1 aliphatic carbocycles. The van der Waals surface area contributed by atoms with Crippen LogP contribution >= 0.6 is 0 Å². The van der Waals surface area contributed by atoms with Crippen LogP contribution in [-0.4, -0.2) is 17.5 Å². The van der Waals surface area contributed by atoms with Crippen molar-refractivity contribution in [3.63, 3.8) is 0 Å². The molecule has 0 saturated heterocycles. The molecule has 0 aromatic rings. The topological polar surface area (TPSA) is 37.3 Å². The molecule has 2 heteroatoms. The molecule has 1 aliphatic rings. The van der Waals surface area contributed by atoms with Crippen LogP contribution in [0.3, 0.4) is 0 Å². The van der Waals surface area contributed by atoms with Gasteiger partial charge in [-0.3, -0.25) is 4.79 Å². The van der Waals surface area contributed by atoms with Gasteiger partial charge in [0.25, 0.3) is 0 Å². The van der Waals surface area contributed by atoms with Gasteiger partial charge in [0.2, 0.25) is 0 Å². The summed E-state index contributed by atoms with van der Waals surface area (Å²) in [6.45, 7) is 4.22. The molecule has 1 fully saturated rings. The van der Waals surface area contributed by atoms with Gasteiger partial charge in [0.05, 0.1) is 12.0 Å². The maximum absolute atomic E-state index is 11.2. The maximum atomic E-state index is 11.2. The zero-order valence-corrected chi connectivity index (χ0v) is 7.26. The Kier molecular flexibility index (Phi) is 2.33. The van der Waals surface area contributed by atoms with Crippen molar-refractivity contribution >= 4 is 5.78 Å². The highest BCUT2D eigenvalue weighted by Crippen LogP contribution is 2.41. The van der Waals surface area contributed by atoms with Crippen molar-refractivity contribution < 1.29 is 9.90 Å². The van der Waals surface area contributed by atoms with Gasteiger partial charge >= 0.3 is 0 Å². The van der Waals surface area contributed by atoms with E-state index in [4.69, 9.17) is 5.11 Å². The van der Waals surface area contributed by atoms with Gasteiger partial charge < -0.3 is 5.11 Å². The van der Waals surface area contributed by atoms with Crippen molar-refractivity contribution in [2.45, 2.75) is 33.1 Å². The van der Waals surface area contributed by atoms with Gasteiger partial charge in [0, 0.05) is 6.42 Å². The van der Waals surface area contributed by atoms with Crippen molar-refractivity contribution in [2.24, 2.45) is 11.3 Å². The van der Waals surface area contributed by atoms with E-state index in [1.165, 1.54) is 0 Å². The van der Waals surface area contributed by atoms with Gasteiger partial charge in [-0.15, -0.1) is 0 Å². The molecule has 0 spiro atoms. The van der Waals surface area contributed by atoms with E-state index in [-0.39, 0.29) is 17.8 Å². The standard InChI is InChI=1S/C9H16O2/c1-7(2)5-9(6-10)4-3-8(9)11/h7,10H,3-6H2,1-2H3. The largest absolute Gasteiger partial charge is 0.395 e. The highest BCUT2D eigenvalue weighted by Gasteiger charge is 2.45. The van der Waals surface area contributed by atoms with Crippen molar-refractivity contribution in [3.05, 3.63) is 0 Å². The van der Waals surface area contributed by atoms with E-state index in [0.29, 0.717) is 12.3 Å². The summed E-state index contributed by atoms with van der Waals surface area (Å²) in [6, 6.07) is 0. The van der Waals surface area contributed by atoms with Crippen molar-refractivity contribution in [2.75, 3.05) is 6.61 Å². The molecule has 1 N–H and O–H groups in total. The fourth-order valence-corrected chi connectivity index (χ4v) is 1.81. The van der Waals surface area contributed by atoms with Crippen LogP contribution < -0.4 is 0 Å². The monoisotopic (exact) mass is 156 g/mol. The van der Waals surface area contributed by atoms with Gasteiger partial charge in [-0.2, -0.15) is 0 Å². The van der Waals surface area contributed by atoms with E-state index >= 15 is 0 Å². The van der Waals surface area contributed by atoms with E-state index < -0.39 is 0 Å². The lowest BCUT2D eigenvalue weighted by Crippen LogP contribution is -2.44. The molecule has 1 unspecified atom stereocenters. The lowest BCUT2D eigenvalue weighted by atomic mass is 9.64. The second kappa shape index (κ2) is 2.94. The first-order valence-electron chi connectivity index (χ1n) is 4.25. The van der Waals surface area contributed by atoms with Crippen molar-refractivity contribution in [3.8, 4) is 0 Å². The zero-order chi connectivity index (χ0) is 8.48. The minimum absolute atomic E-state index is 0.0456. The molecule has 0 aromatic carbocycles. The van der Waals surface area contributed by atoms with Crippen LogP contribution in [0.1, 0.15) is 33.1 Å². The Hall–Kier alpha value is -0.370. The second-order valence-electron chi connectivity index (χ2n) is 3.96. The molecule has 2 nitrogen and oxygen atoms in total. The summed E-state index contributed by atoms with van der Waals surface area (Å²) in [5, 5.41) is 9.04. The molecule has 1 saturated carbocycles. The van der Waals surface area contributed by atoms with E-state index in [1.807, 2.05) is 0 Å². The molecule has 0 heterocycles. The Morgan fingerprint density at radius 1 is 1.64 bits per heavy atom. The fourth-order valence-electron chi connectivity index (χ4n) is 1.81. The Morgan fingerprint density at radius 2 is 2.27 bits per heavy atom. The summed E-state index contributed by atoms with van der Waals surface area (Å²) in [5.41, 5.74) is -0.339. The van der Waals surface area contributed by atoms with Gasteiger partial charge in [-0.05, 0) is 18.8 Å². The number of aliphatic hydroxyl groups excluding tert-OH is 1. The Balaban J connectivity index is 2.54. The highest BCUT2D eigenvalue weighted by molar-refractivity contribution is 5.90. The molecule has 64 valence electrons. The minimum atomic E-state index is -0.339. The van der Waals surface area contributed by atoms with Crippen LogP contribution in [0.25, 0.3) is 0 Å². The summed E-state index contributed by atoms with van der Waals surface area (Å²) in [6.07, 6.45) is 2.41. The first-order chi connectivity index (χ1) is 5.10. The van der Waals surface area contributed by atoms with Gasteiger partial charge in [-0.1, -0.05) is 13.8 Å². The summed E-state index contributed by atoms with van der Waals surface area (Å²) in [4.78, 5) is 11.2. The number of carbonyl (C=O) groups is 1. The number of ketones is 1. The third-order valence-corrected chi connectivity index (χ3v) is 2.52. The lowest BCUT2D eigenvalue weighted by Gasteiger charge is -2.39. The summed E-state index contributed by atoms with van der Waals surface area (Å²) in [7, 11) is 0. The predicted octanol–water partition coefficient (Wildman–Crippen LogP) is 1.37. The Morgan fingerprint density at radius 3 is 2.36 bits per heavy atom. The van der Waals surface area contributed by atoms with Gasteiger partial charge in [-0.25, -0.2) is 0 Å². The van der Waals surface area contributed by atoms with E-state index in [9.17, 15) is 4.79 Å².